The molecule has 0 saturated carbocycles. The highest BCUT2D eigenvalue weighted by Crippen LogP contribution is 2.21. The summed E-state index contributed by atoms with van der Waals surface area (Å²) >= 11 is 0. The van der Waals surface area contributed by atoms with Crippen molar-refractivity contribution >= 4 is 22.8 Å². The van der Waals surface area contributed by atoms with Crippen LogP contribution in [0.2, 0.25) is 0 Å². The molecule has 8 heteroatoms. The van der Waals surface area contributed by atoms with Crippen LogP contribution < -0.4 is 5.56 Å². The van der Waals surface area contributed by atoms with Gasteiger partial charge in [-0.05, 0) is 25.0 Å². The molecule has 4 rings (SSSR count). The molecule has 2 fully saturated rings. The fraction of sp³-hybridized carbons (Fsp3) is 0.474. The lowest BCUT2D eigenvalue weighted by Gasteiger charge is -2.32. The molecule has 2 aliphatic rings. The summed E-state index contributed by atoms with van der Waals surface area (Å²) in [5.41, 5.74) is 0.957. The van der Waals surface area contributed by atoms with E-state index in [1.54, 1.807) is 21.9 Å². The average Bonchev–Trinajstić information content (AvgIpc) is 3.20. The number of morpholine rings is 1. The number of carbonyl (C=O) groups is 2. The van der Waals surface area contributed by atoms with Crippen molar-refractivity contribution in [3.05, 3.63) is 40.8 Å². The van der Waals surface area contributed by atoms with Gasteiger partial charge in [0.1, 0.15) is 12.6 Å². The maximum atomic E-state index is 13.0. The largest absolute Gasteiger partial charge is 0.378 e. The quantitative estimate of drug-likeness (QED) is 0.773. The lowest BCUT2D eigenvalue weighted by molar-refractivity contribution is -0.146. The summed E-state index contributed by atoms with van der Waals surface area (Å²) in [6.45, 7) is 2.64. The molecule has 8 nitrogen and oxygen atoms in total. The van der Waals surface area contributed by atoms with Gasteiger partial charge in [-0.2, -0.15) is 0 Å². The molecule has 142 valence electrons. The zero-order valence-corrected chi connectivity index (χ0v) is 15.0. The van der Waals surface area contributed by atoms with Crippen molar-refractivity contribution in [3.8, 4) is 0 Å². The highest BCUT2D eigenvalue weighted by molar-refractivity contribution is 5.89. The van der Waals surface area contributed by atoms with Gasteiger partial charge >= 0.3 is 0 Å². The van der Waals surface area contributed by atoms with E-state index in [1.165, 1.54) is 10.8 Å². The molecule has 0 bridgehead atoms. The summed E-state index contributed by atoms with van der Waals surface area (Å²) in [4.78, 5) is 45.6. The van der Waals surface area contributed by atoms with Gasteiger partial charge in [0.2, 0.25) is 11.8 Å². The van der Waals surface area contributed by atoms with Crippen molar-refractivity contribution in [3.63, 3.8) is 0 Å². The minimum absolute atomic E-state index is 0.0175. The van der Waals surface area contributed by atoms with Crippen molar-refractivity contribution in [2.45, 2.75) is 25.4 Å². The molecule has 1 aromatic heterocycles. The van der Waals surface area contributed by atoms with Crippen molar-refractivity contribution < 1.29 is 14.3 Å². The lowest BCUT2D eigenvalue weighted by atomic mass is 10.2. The highest BCUT2D eigenvalue weighted by Gasteiger charge is 2.37. The summed E-state index contributed by atoms with van der Waals surface area (Å²) in [7, 11) is 0. The lowest BCUT2D eigenvalue weighted by Crippen LogP contribution is -2.51. The van der Waals surface area contributed by atoms with Gasteiger partial charge < -0.3 is 14.5 Å². The molecule has 2 amide bonds. The monoisotopic (exact) mass is 370 g/mol. The van der Waals surface area contributed by atoms with Gasteiger partial charge in [0.25, 0.3) is 5.56 Å². The molecular weight excluding hydrogens is 348 g/mol. The Balaban J connectivity index is 1.55. The Morgan fingerprint density at radius 2 is 1.93 bits per heavy atom. The summed E-state index contributed by atoms with van der Waals surface area (Å²) in [6, 6.07) is 6.78. The molecule has 0 spiro atoms. The number of hydrogen-bond donors (Lipinski definition) is 0. The third kappa shape index (κ3) is 3.44. The number of ether oxygens (including phenoxy) is 1. The van der Waals surface area contributed by atoms with E-state index in [9.17, 15) is 14.4 Å². The zero-order chi connectivity index (χ0) is 18.8. The van der Waals surface area contributed by atoms with Crippen LogP contribution in [0.1, 0.15) is 12.8 Å². The first-order chi connectivity index (χ1) is 13.1. The van der Waals surface area contributed by atoms with Crippen LogP contribution >= 0.6 is 0 Å². The van der Waals surface area contributed by atoms with Crippen molar-refractivity contribution in [1.82, 2.24) is 19.4 Å². The van der Waals surface area contributed by atoms with E-state index in [2.05, 4.69) is 4.98 Å². The summed E-state index contributed by atoms with van der Waals surface area (Å²) in [6.07, 6.45) is 2.68. The molecule has 0 radical (unpaired) electrons. The van der Waals surface area contributed by atoms with Crippen LogP contribution in [-0.2, 0) is 20.9 Å². The molecule has 2 aromatic rings. The molecule has 27 heavy (non-hydrogen) atoms. The molecule has 1 aromatic carbocycles. The third-order valence-corrected chi connectivity index (χ3v) is 5.23. The van der Waals surface area contributed by atoms with Gasteiger partial charge in [0.15, 0.2) is 0 Å². The number of carbonyl (C=O) groups excluding carboxylic acids is 2. The maximum Gasteiger partial charge on any atom is 0.269 e. The van der Waals surface area contributed by atoms with E-state index in [0.717, 1.165) is 6.42 Å². The van der Waals surface area contributed by atoms with Crippen LogP contribution in [0, 0.1) is 0 Å². The number of nitrogens with zero attached hydrogens (tertiary/aromatic N) is 4. The molecule has 2 saturated heterocycles. The second-order valence-corrected chi connectivity index (χ2v) is 6.85. The number of rotatable bonds is 3. The first-order valence-electron chi connectivity index (χ1n) is 9.26. The Labute approximate surface area is 156 Å². The zero-order valence-electron chi connectivity index (χ0n) is 15.0. The second-order valence-electron chi connectivity index (χ2n) is 6.85. The van der Waals surface area contributed by atoms with Gasteiger partial charge in [0, 0.05) is 19.6 Å². The SMILES string of the molecule is O=C([C@@H]1CCCN1C(=O)Cn1c(=O)cnc2ccccc21)N1CCOCC1. The Kier molecular flexibility index (Phi) is 4.89. The molecule has 0 aliphatic carbocycles. The molecule has 2 aliphatic heterocycles. The fourth-order valence-electron chi connectivity index (χ4n) is 3.82. The first-order valence-corrected chi connectivity index (χ1v) is 9.26. The van der Waals surface area contributed by atoms with E-state index in [1.807, 2.05) is 12.1 Å². The predicted molar refractivity (Wildman–Crippen MR) is 98.1 cm³/mol. The van der Waals surface area contributed by atoms with Gasteiger partial charge in [-0.15, -0.1) is 0 Å². The van der Waals surface area contributed by atoms with Crippen LogP contribution in [0.15, 0.2) is 35.3 Å². The molecule has 0 N–H and O–H groups in total. The van der Waals surface area contributed by atoms with Gasteiger partial charge in [-0.3, -0.25) is 19.0 Å². The summed E-state index contributed by atoms with van der Waals surface area (Å²) < 4.78 is 6.73. The Bertz CT molecular complexity index is 919. The predicted octanol–water partition coefficient (Wildman–Crippen LogP) is 0.246. The number of benzene rings is 1. The standard InChI is InChI=1S/C19H22N4O4/c24-17-12-20-14-4-1-2-5-15(14)23(17)13-18(25)22-7-3-6-16(22)19(26)21-8-10-27-11-9-21/h1-2,4-5,12,16H,3,6-11,13H2/t16-/m0/s1. The third-order valence-electron chi connectivity index (χ3n) is 5.23. The second kappa shape index (κ2) is 7.48. The van der Waals surface area contributed by atoms with Crippen molar-refractivity contribution in [2.24, 2.45) is 0 Å². The van der Waals surface area contributed by atoms with E-state index in [0.29, 0.717) is 50.3 Å². The van der Waals surface area contributed by atoms with Gasteiger partial charge in [0.05, 0.1) is 30.4 Å². The first kappa shape index (κ1) is 17.7. The van der Waals surface area contributed by atoms with Gasteiger partial charge in [-0.25, -0.2) is 4.98 Å². The number of hydrogen-bond acceptors (Lipinski definition) is 5. The number of amides is 2. The molecule has 1 atom stereocenters. The Hall–Kier alpha value is -2.74. The minimum Gasteiger partial charge on any atom is -0.378 e. The molecule has 0 unspecified atom stereocenters. The van der Waals surface area contributed by atoms with Crippen LogP contribution in [0.3, 0.4) is 0 Å². The topological polar surface area (TPSA) is 84.7 Å². The van der Waals surface area contributed by atoms with Crippen molar-refractivity contribution in [2.75, 3.05) is 32.8 Å². The fourth-order valence-corrected chi connectivity index (χ4v) is 3.82. The molecular formula is C19H22N4O4. The minimum atomic E-state index is -0.445. The smallest absolute Gasteiger partial charge is 0.269 e. The number of para-hydroxylation sites is 2. The van der Waals surface area contributed by atoms with E-state index >= 15 is 0 Å². The Morgan fingerprint density at radius 1 is 1.15 bits per heavy atom. The summed E-state index contributed by atoms with van der Waals surface area (Å²) in [5.74, 6) is -0.228. The number of fused-ring (bicyclic) bond motifs is 1. The maximum absolute atomic E-state index is 13.0. The normalized spacial score (nSPS) is 20.2. The highest BCUT2D eigenvalue weighted by atomic mass is 16.5. The van der Waals surface area contributed by atoms with E-state index in [-0.39, 0.29) is 23.9 Å². The van der Waals surface area contributed by atoms with Crippen LogP contribution in [0.25, 0.3) is 11.0 Å². The van der Waals surface area contributed by atoms with E-state index in [4.69, 9.17) is 4.74 Å². The van der Waals surface area contributed by atoms with Gasteiger partial charge in [-0.1, -0.05) is 12.1 Å². The summed E-state index contributed by atoms with van der Waals surface area (Å²) in [5, 5.41) is 0. The van der Waals surface area contributed by atoms with Crippen LogP contribution in [-0.4, -0.2) is 70.1 Å². The number of aromatic nitrogens is 2. The van der Waals surface area contributed by atoms with Crippen LogP contribution in [0.4, 0.5) is 0 Å². The van der Waals surface area contributed by atoms with Crippen LogP contribution in [0.5, 0.6) is 0 Å². The van der Waals surface area contributed by atoms with Crippen molar-refractivity contribution in [1.29, 1.82) is 0 Å². The average molecular weight is 370 g/mol. The molecule has 3 heterocycles. The van der Waals surface area contributed by atoms with E-state index < -0.39 is 6.04 Å². The Morgan fingerprint density at radius 3 is 2.74 bits per heavy atom. The number of likely N-dealkylation sites (tertiary alicyclic amines) is 1.